The van der Waals surface area contributed by atoms with Crippen molar-refractivity contribution in [3.63, 3.8) is 0 Å². The molecule has 0 bridgehead atoms. The third-order valence-corrected chi connectivity index (χ3v) is 4.07. The molecule has 1 fully saturated rings. The van der Waals surface area contributed by atoms with Crippen LogP contribution >= 0.6 is 0 Å². The monoisotopic (exact) mass is 300 g/mol. The lowest BCUT2D eigenvalue weighted by molar-refractivity contribution is -0.137. The number of rotatable bonds is 3. The Balaban J connectivity index is 2.03. The van der Waals surface area contributed by atoms with Crippen LogP contribution in [-0.2, 0) is 10.9 Å². The summed E-state index contributed by atoms with van der Waals surface area (Å²) in [6, 6.07) is 4.17. The summed E-state index contributed by atoms with van der Waals surface area (Å²) >= 11 is 0. The molecule has 0 N–H and O–H groups in total. The van der Waals surface area contributed by atoms with Crippen LogP contribution in [0.1, 0.15) is 54.9 Å². The lowest BCUT2D eigenvalue weighted by Gasteiger charge is -2.30. The first kappa shape index (κ1) is 15.9. The van der Waals surface area contributed by atoms with E-state index < -0.39 is 17.7 Å². The van der Waals surface area contributed by atoms with Gasteiger partial charge in [0.2, 0.25) is 0 Å². The topological polar surface area (TPSA) is 26.3 Å². The lowest BCUT2D eigenvalue weighted by atomic mass is 9.85. The molecule has 0 aromatic heterocycles. The number of esters is 1. The van der Waals surface area contributed by atoms with E-state index in [0.717, 1.165) is 44.2 Å². The lowest BCUT2D eigenvalue weighted by Crippen LogP contribution is -2.29. The standard InChI is InChI=1S/C16H19F3O2/c1-2-11-5-3-4-6-14(11)21-15(20)12-7-9-13(10-8-12)16(17,18)19/h7-11,14H,2-6H2,1H3. The van der Waals surface area contributed by atoms with Crippen LogP contribution in [0, 0.1) is 5.92 Å². The van der Waals surface area contributed by atoms with E-state index in [2.05, 4.69) is 6.92 Å². The highest BCUT2D eigenvalue weighted by Crippen LogP contribution is 2.31. The molecule has 2 nitrogen and oxygen atoms in total. The van der Waals surface area contributed by atoms with Crippen molar-refractivity contribution in [2.24, 2.45) is 5.92 Å². The molecule has 1 aromatic rings. The number of carbonyl (C=O) groups is 1. The zero-order valence-electron chi connectivity index (χ0n) is 12.0. The maximum absolute atomic E-state index is 12.5. The predicted octanol–water partition coefficient (Wildman–Crippen LogP) is 4.83. The number of ether oxygens (including phenoxy) is 1. The van der Waals surface area contributed by atoms with Crippen LogP contribution < -0.4 is 0 Å². The second kappa shape index (κ2) is 6.50. The van der Waals surface area contributed by atoms with E-state index in [-0.39, 0.29) is 11.7 Å². The minimum Gasteiger partial charge on any atom is -0.458 e. The first-order valence-corrected chi connectivity index (χ1v) is 7.30. The van der Waals surface area contributed by atoms with E-state index >= 15 is 0 Å². The Kier molecular flexibility index (Phi) is 4.91. The van der Waals surface area contributed by atoms with Crippen molar-refractivity contribution in [1.82, 2.24) is 0 Å². The number of alkyl halides is 3. The minimum atomic E-state index is -4.39. The summed E-state index contributed by atoms with van der Waals surface area (Å²) in [6.07, 6.45) is 0.503. The fourth-order valence-corrected chi connectivity index (χ4v) is 2.80. The average molecular weight is 300 g/mol. The molecule has 0 aliphatic heterocycles. The Labute approximate surface area is 122 Å². The molecule has 21 heavy (non-hydrogen) atoms. The molecule has 116 valence electrons. The molecule has 5 heteroatoms. The van der Waals surface area contributed by atoms with E-state index in [4.69, 9.17) is 4.74 Å². The zero-order chi connectivity index (χ0) is 15.5. The van der Waals surface area contributed by atoms with Crippen molar-refractivity contribution in [1.29, 1.82) is 0 Å². The van der Waals surface area contributed by atoms with E-state index in [1.54, 1.807) is 0 Å². The molecule has 1 aliphatic carbocycles. The summed E-state index contributed by atoms with van der Waals surface area (Å²) < 4.78 is 42.9. The summed E-state index contributed by atoms with van der Waals surface area (Å²) in [4.78, 5) is 12.0. The molecule has 0 radical (unpaired) electrons. The number of hydrogen-bond acceptors (Lipinski definition) is 2. The van der Waals surface area contributed by atoms with Crippen molar-refractivity contribution in [2.75, 3.05) is 0 Å². The first-order chi connectivity index (χ1) is 9.91. The third-order valence-electron chi connectivity index (χ3n) is 4.07. The van der Waals surface area contributed by atoms with Crippen LogP contribution in [0.5, 0.6) is 0 Å². The SMILES string of the molecule is CCC1CCCCC1OC(=O)c1ccc(C(F)(F)F)cc1. The van der Waals surface area contributed by atoms with Gasteiger partial charge < -0.3 is 4.74 Å². The third kappa shape index (κ3) is 3.99. The van der Waals surface area contributed by atoms with Gasteiger partial charge in [-0.3, -0.25) is 0 Å². The highest BCUT2D eigenvalue weighted by atomic mass is 19.4. The van der Waals surface area contributed by atoms with Crippen LogP contribution in [0.2, 0.25) is 0 Å². The molecule has 1 saturated carbocycles. The summed E-state index contributed by atoms with van der Waals surface area (Å²) in [7, 11) is 0. The molecule has 2 unspecified atom stereocenters. The number of carbonyl (C=O) groups excluding carboxylic acids is 1. The Bertz CT molecular complexity index is 479. The van der Waals surface area contributed by atoms with Crippen molar-refractivity contribution in [3.05, 3.63) is 35.4 Å². The first-order valence-electron chi connectivity index (χ1n) is 7.30. The van der Waals surface area contributed by atoms with Gasteiger partial charge in [0, 0.05) is 0 Å². The molecule has 1 aromatic carbocycles. The maximum Gasteiger partial charge on any atom is 0.416 e. The van der Waals surface area contributed by atoms with Gasteiger partial charge in [-0.05, 0) is 55.9 Å². The van der Waals surface area contributed by atoms with Gasteiger partial charge in [-0.2, -0.15) is 13.2 Å². The van der Waals surface area contributed by atoms with Gasteiger partial charge in [-0.25, -0.2) is 4.79 Å². The Morgan fingerprint density at radius 2 is 1.81 bits per heavy atom. The second-order valence-corrected chi connectivity index (χ2v) is 5.47. The van der Waals surface area contributed by atoms with Gasteiger partial charge >= 0.3 is 12.1 Å². The Morgan fingerprint density at radius 1 is 1.19 bits per heavy atom. The highest BCUT2D eigenvalue weighted by Gasteiger charge is 2.31. The van der Waals surface area contributed by atoms with Crippen LogP contribution in [0.25, 0.3) is 0 Å². The summed E-state index contributed by atoms with van der Waals surface area (Å²) in [5.74, 6) is -0.175. The molecule has 0 amide bonds. The normalized spacial score (nSPS) is 22.9. The molecule has 0 saturated heterocycles. The van der Waals surface area contributed by atoms with E-state index in [0.29, 0.717) is 5.92 Å². The quantitative estimate of drug-likeness (QED) is 0.747. The largest absolute Gasteiger partial charge is 0.458 e. The Hall–Kier alpha value is -1.52. The summed E-state index contributed by atoms with van der Waals surface area (Å²) in [5.41, 5.74) is -0.591. The highest BCUT2D eigenvalue weighted by molar-refractivity contribution is 5.89. The maximum atomic E-state index is 12.5. The molecular weight excluding hydrogens is 281 g/mol. The van der Waals surface area contributed by atoms with Gasteiger partial charge in [-0.15, -0.1) is 0 Å². The van der Waals surface area contributed by atoms with Crippen molar-refractivity contribution >= 4 is 5.97 Å². The van der Waals surface area contributed by atoms with Gasteiger partial charge in [0.25, 0.3) is 0 Å². The predicted molar refractivity (Wildman–Crippen MR) is 72.9 cm³/mol. The smallest absolute Gasteiger partial charge is 0.416 e. The fourth-order valence-electron chi connectivity index (χ4n) is 2.80. The Morgan fingerprint density at radius 3 is 2.38 bits per heavy atom. The van der Waals surface area contributed by atoms with Gasteiger partial charge in [-0.1, -0.05) is 13.3 Å². The van der Waals surface area contributed by atoms with E-state index in [1.807, 2.05) is 0 Å². The van der Waals surface area contributed by atoms with E-state index in [1.165, 1.54) is 12.1 Å². The molecule has 0 heterocycles. The van der Waals surface area contributed by atoms with Gasteiger partial charge in [0.1, 0.15) is 6.10 Å². The van der Waals surface area contributed by atoms with Crippen molar-refractivity contribution in [2.45, 2.75) is 51.3 Å². The van der Waals surface area contributed by atoms with Crippen molar-refractivity contribution in [3.8, 4) is 0 Å². The fraction of sp³-hybridized carbons (Fsp3) is 0.562. The van der Waals surface area contributed by atoms with Crippen LogP contribution in [0.4, 0.5) is 13.2 Å². The number of hydrogen-bond donors (Lipinski definition) is 0. The van der Waals surface area contributed by atoms with E-state index in [9.17, 15) is 18.0 Å². The molecule has 0 spiro atoms. The number of halogens is 3. The minimum absolute atomic E-state index is 0.112. The molecule has 2 rings (SSSR count). The summed E-state index contributed by atoms with van der Waals surface area (Å²) in [6.45, 7) is 2.06. The summed E-state index contributed by atoms with van der Waals surface area (Å²) in [5, 5.41) is 0. The molecular formula is C16H19F3O2. The van der Waals surface area contributed by atoms with Crippen LogP contribution in [0.3, 0.4) is 0 Å². The number of benzene rings is 1. The second-order valence-electron chi connectivity index (χ2n) is 5.47. The average Bonchev–Trinajstić information content (AvgIpc) is 2.47. The van der Waals surface area contributed by atoms with Gasteiger partial charge in [0.15, 0.2) is 0 Å². The molecule has 2 atom stereocenters. The molecule has 1 aliphatic rings. The zero-order valence-corrected chi connectivity index (χ0v) is 12.0. The van der Waals surface area contributed by atoms with Crippen LogP contribution in [-0.4, -0.2) is 12.1 Å². The van der Waals surface area contributed by atoms with Crippen molar-refractivity contribution < 1.29 is 22.7 Å². The van der Waals surface area contributed by atoms with Gasteiger partial charge in [0.05, 0.1) is 11.1 Å². The van der Waals surface area contributed by atoms with Crippen LogP contribution in [0.15, 0.2) is 24.3 Å².